The Bertz CT molecular complexity index is 250. The molecular weight excluding hydrogens is 212 g/mol. The van der Waals surface area contributed by atoms with E-state index in [-0.39, 0.29) is 11.7 Å². The second-order valence-electron chi connectivity index (χ2n) is 4.21. The lowest BCUT2D eigenvalue weighted by atomic mass is 10.3. The van der Waals surface area contributed by atoms with E-state index in [1.165, 1.54) is 4.31 Å². The Kier molecular flexibility index (Phi) is 7.13. The van der Waals surface area contributed by atoms with Crippen molar-refractivity contribution < 1.29 is 8.42 Å². The van der Waals surface area contributed by atoms with Gasteiger partial charge in [0.15, 0.2) is 0 Å². The van der Waals surface area contributed by atoms with Gasteiger partial charge in [-0.1, -0.05) is 27.2 Å². The molecule has 0 amide bonds. The molecule has 0 atom stereocenters. The molecule has 15 heavy (non-hydrogen) atoms. The highest BCUT2D eigenvalue weighted by atomic mass is 32.2. The summed E-state index contributed by atoms with van der Waals surface area (Å²) in [5, 5.41) is 0. The summed E-state index contributed by atoms with van der Waals surface area (Å²) in [6.07, 6.45) is 1.90. The lowest BCUT2D eigenvalue weighted by molar-refractivity contribution is 0.406. The Labute approximate surface area is 93.9 Å². The van der Waals surface area contributed by atoms with Crippen molar-refractivity contribution in [1.29, 1.82) is 0 Å². The highest BCUT2D eigenvalue weighted by Crippen LogP contribution is 2.08. The Morgan fingerprint density at radius 1 is 1.27 bits per heavy atom. The first-order valence-electron chi connectivity index (χ1n) is 5.62. The summed E-state index contributed by atoms with van der Waals surface area (Å²) in [6.45, 7) is 7.31. The van der Waals surface area contributed by atoms with Crippen LogP contribution >= 0.6 is 0 Å². The standard InChI is InChI=1S/C10H24N2O2S/c1-4-5-7-12(8-6-11)15(13,14)9-10(2)3/h10H,4-9,11H2,1-3H3. The maximum atomic E-state index is 11.9. The van der Waals surface area contributed by atoms with Crippen LogP contribution in [0.25, 0.3) is 0 Å². The molecule has 0 saturated carbocycles. The molecule has 4 nitrogen and oxygen atoms in total. The summed E-state index contributed by atoms with van der Waals surface area (Å²) in [6, 6.07) is 0. The molecular formula is C10H24N2O2S. The Balaban J connectivity index is 4.44. The smallest absolute Gasteiger partial charge is 0.214 e. The number of nitrogens with zero attached hydrogens (tertiary/aromatic N) is 1. The van der Waals surface area contributed by atoms with Gasteiger partial charge in [0.25, 0.3) is 0 Å². The average molecular weight is 236 g/mol. The van der Waals surface area contributed by atoms with Gasteiger partial charge in [0.2, 0.25) is 10.0 Å². The molecule has 0 aliphatic carbocycles. The zero-order chi connectivity index (χ0) is 11.9. The van der Waals surface area contributed by atoms with Gasteiger partial charge in [-0.25, -0.2) is 12.7 Å². The zero-order valence-corrected chi connectivity index (χ0v) is 10.9. The van der Waals surface area contributed by atoms with Crippen LogP contribution in [-0.2, 0) is 10.0 Å². The summed E-state index contributed by atoms with van der Waals surface area (Å²) >= 11 is 0. The molecule has 0 bridgehead atoms. The maximum absolute atomic E-state index is 11.9. The second-order valence-corrected chi connectivity index (χ2v) is 6.23. The molecule has 0 unspecified atom stereocenters. The van der Waals surface area contributed by atoms with Crippen molar-refractivity contribution in [3.05, 3.63) is 0 Å². The van der Waals surface area contributed by atoms with Crippen LogP contribution in [0.2, 0.25) is 0 Å². The second kappa shape index (κ2) is 7.19. The maximum Gasteiger partial charge on any atom is 0.214 e. The van der Waals surface area contributed by atoms with Gasteiger partial charge in [-0.05, 0) is 12.3 Å². The fourth-order valence-corrected chi connectivity index (χ4v) is 3.24. The van der Waals surface area contributed by atoms with Crippen molar-refractivity contribution in [2.24, 2.45) is 11.7 Å². The number of nitrogens with two attached hydrogens (primary N) is 1. The van der Waals surface area contributed by atoms with E-state index in [9.17, 15) is 8.42 Å². The van der Waals surface area contributed by atoms with Gasteiger partial charge in [-0.15, -0.1) is 0 Å². The third kappa shape index (κ3) is 6.12. The topological polar surface area (TPSA) is 63.4 Å². The van der Waals surface area contributed by atoms with E-state index in [1.54, 1.807) is 0 Å². The van der Waals surface area contributed by atoms with Crippen molar-refractivity contribution >= 4 is 10.0 Å². The molecule has 0 aromatic rings. The molecule has 0 spiro atoms. The Morgan fingerprint density at radius 3 is 2.27 bits per heavy atom. The number of unbranched alkanes of at least 4 members (excludes halogenated alkanes) is 1. The van der Waals surface area contributed by atoms with Crippen molar-refractivity contribution in [2.45, 2.75) is 33.6 Å². The predicted octanol–water partition coefficient (Wildman–Crippen LogP) is 1.03. The third-order valence-corrected chi connectivity index (χ3v) is 4.32. The molecule has 0 radical (unpaired) electrons. The normalized spacial score (nSPS) is 12.7. The lowest BCUT2D eigenvalue weighted by Crippen LogP contribution is -2.38. The number of hydrogen-bond donors (Lipinski definition) is 1. The highest BCUT2D eigenvalue weighted by Gasteiger charge is 2.21. The van der Waals surface area contributed by atoms with Crippen LogP contribution in [0.3, 0.4) is 0 Å². The first-order chi connectivity index (χ1) is 6.94. The first kappa shape index (κ1) is 14.9. The van der Waals surface area contributed by atoms with Crippen LogP contribution < -0.4 is 5.73 Å². The van der Waals surface area contributed by atoms with E-state index in [0.29, 0.717) is 19.6 Å². The molecule has 92 valence electrons. The summed E-state index contributed by atoms with van der Waals surface area (Å²) < 4.78 is 25.3. The predicted molar refractivity (Wildman–Crippen MR) is 64.2 cm³/mol. The minimum absolute atomic E-state index is 0.164. The van der Waals surface area contributed by atoms with E-state index in [1.807, 2.05) is 13.8 Å². The number of sulfonamides is 1. The number of hydrogen-bond acceptors (Lipinski definition) is 3. The van der Waals surface area contributed by atoms with Crippen LogP contribution in [0.4, 0.5) is 0 Å². The van der Waals surface area contributed by atoms with E-state index in [4.69, 9.17) is 5.73 Å². The minimum atomic E-state index is -3.10. The van der Waals surface area contributed by atoms with E-state index in [0.717, 1.165) is 12.8 Å². The number of rotatable bonds is 8. The fourth-order valence-electron chi connectivity index (χ4n) is 1.40. The van der Waals surface area contributed by atoms with Gasteiger partial charge in [-0.2, -0.15) is 0 Å². The van der Waals surface area contributed by atoms with Crippen LogP contribution in [0.1, 0.15) is 33.6 Å². The van der Waals surface area contributed by atoms with Gasteiger partial charge in [-0.3, -0.25) is 0 Å². The highest BCUT2D eigenvalue weighted by molar-refractivity contribution is 7.89. The Hall–Kier alpha value is -0.130. The molecule has 0 rings (SSSR count). The SMILES string of the molecule is CCCCN(CCN)S(=O)(=O)CC(C)C. The molecule has 0 aliphatic rings. The Morgan fingerprint density at radius 2 is 1.87 bits per heavy atom. The van der Waals surface area contributed by atoms with Crippen LogP contribution in [0.15, 0.2) is 0 Å². The van der Waals surface area contributed by atoms with E-state index in [2.05, 4.69) is 6.92 Å². The van der Waals surface area contributed by atoms with Crippen molar-refractivity contribution in [1.82, 2.24) is 4.31 Å². The summed E-state index contributed by atoms with van der Waals surface area (Å²) in [5.74, 6) is 0.383. The monoisotopic (exact) mass is 236 g/mol. The zero-order valence-electron chi connectivity index (χ0n) is 10.1. The molecule has 2 N–H and O–H groups in total. The van der Waals surface area contributed by atoms with E-state index >= 15 is 0 Å². The third-order valence-electron chi connectivity index (χ3n) is 2.08. The first-order valence-corrected chi connectivity index (χ1v) is 7.22. The van der Waals surface area contributed by atoms with Gasteiger partial charge in [0, 0.05) is 19.6 Å². The molecule has 0 aromatic carbocycles. The lowest BCUT2D eigenvalue weighted by Gasteiger charge is -2.22. The molecule has 0 aromatic heterocycles. The quantitative estimate of drug-likeness (QED) is 0.684. The fraction of sp³-hybridized carbons (Fsp3) is 1.00. The van der Waals surface area contributed by atoms with Crippen LogP contribution in [-0.4, -0.2) is 38.1 Å². The van der Waals surface area contributed by atoms with Crippen LogP contribution in [0, 0.1) is 5.92 Å². The summed E-state index contributed by atoms with van der Waals surface area (Å²) in [5.41, 5.74) is 5.42. The minimum Gasteiger partial charge on any atom is -0.329 e. The van der Waals surface area contributed by atoms with Gasteiger partial charge in [0.1, 0.15) is 0 Å². The largest absolute Gasteiger partial charge is 0.329 e. The van der Waals surface area contributed by atoms with Gasteiger partial charge < -0.3 is 5.73 Å². The van der Waals surface area contributed by atoms with Gasteiger partial charge >= 0.3 is 0 Å². The molecule has 0 heterocycles. The molecule has 0 saturated heterocycles. The van der Waals surface area contributed by atoms with Gasteiger partial charge in [0.05, 0.1) is 5.75 Å². The molecule has 0 fully saturated rings. The summed E-state index contributed by atoms with van der Waals surface area (Å²) in [7, 11) is -3.10. The molecule has 0 aliphatic heterocycles. The van der Waals surface area contributed by atoms with Crippen molar-refractivity contribution in [3.63, 3.8) is 0 Å². The van der Waals surface area contributed by atoms with Crippen molar-refractivity contribution in [2.75, 3.05) is 25.4 Å². The van der Waals surface area contributed by atoms with Crippen LogP contribution in [0.5, 0.6) is 0 Å². The molecule has 5 heteroatoms. The van der Waals surface area contributed by atoms with Crippen molar-refractivity contribution in [3.8, 4) is 0 Å². The average Bonchev–Trinajstić information content (AvgIpc) is 2.09. The summed E-state index contributed by atoms with van der Waals surface area (Å²) in [4.78, 5) is 0. The van der Waals surface area contributed by atoms with E-state index < -0.39 is 10.0 Å².